The molecule has 0 atom stereocenters. The Morgan fingerprint density at radius 2 is 2.08 bits per heavy atom. The first-order chi connectivity index (χ1) is 11.7. The van der Waals surface area contributed by atoms with E-state index in [9.17, 15) is 4.79 Å². The lowest BCUT2D eigenvalue weighted by Crippen LogP contribution is -2.30. The van der Waals surface area contributed by atoms with Crippen molar-refractivity contribution in [3.8, 4) is 0 Å². The molecule has 0 spiro atoms. The summed E-state index contributed by atoms with van der Waals surface area (Å²) in [5.41, 5.74) is 1.96. The third kappa shape index (κ3) is 6.96. The fourth-order valence-electron chi connectivity index (χ4n) is 1.86. The smallest absolute Gasteiger partial charge is 0.321 e. The van der Waals surface area contributed by atoms with Gasteiger partial charge in [0.1, 0.15) is 0 Å². The number of thiazole rings is 1. The van der Waals surface area contributed by atoms with Crippen LogP contribution in [0.3, 0.4) is 0 Å². The monoisotopic (exact) mass is 413 g/mol. The average Bonchev–Trinajstić information content (AvgIpc) is 3.01. The number of hydrogen-bond donors (Lipinski definition) is 2. The Bertz CT molecular complexity index is 634. The van der Waals surface area contributed by atoms with Gasteiger partial charge in [0.2, 0.25) is 0 Å². The number of benzene rings is 1. The molecule has 1 heterocycles. The second-order valence-corrected chi connectivity index (χ2v) is 6.72. The largest absolute Gasteiger partial charge is 0.382 e. The normalized spacial score (nSPS) is 10.6. The Labute approximate surface area is 153 Å². The number of hydrogen-bond acceptors (Lipinski definition) is 5. The predicted octanol–water partition coefficient (Wildman–Crippen LogP) is 3.43. The number of methoxy groups -OCH3 is 1. The van der Waals surface area contributed by atoms with Crippen molar-refractivity contribution in [2.24, 2.45) is 0 Å². The van der Waals surface area contributed by atoms with Crippen molar-refractivity contribution in [2.75, 3.05) is 32.2 Å². The third-order valence-electron chi connectivity index (χ3n) is 3.07. The maximum Gasteiger partial charge on any atom is 0.321 e. The molecule has 2 amide bonds. The van der Waals surface area contributed by atoms with Crippen LogP contribution in [0.4, 0.5) is 9.93 Å². The average molecular weight is 414 g/mol. The van der Waals surface area contributed by atoms with Gasteiger partial charge in [-0.2, -0.15) is 0 Å². The number of amides is 2. The van der Waals surface area contributed by atoms with Gasteiger partial charge in [0.15, 0.2) is 5.13 Å². The molecule has 8 heteroatoms. The first-order valence-corrected chi connectivity index (χ1v) is 9.15. The zero-order chi connectivity index (χ0) is 17.2. The molecule has 2 rings (SSSR count). The lowest BCUT2D eigenvalue weighted by Gasteiger charge is -2.05. The molecule has 0 fully saturated rings. The zero-order valence-electron chi connectivity index (χ0n) is 13.4. The summed E-state index contributed by atoms with van der Waals surface area (Å²) in [5, 5.41) is 7.97. The Morgan fingerprint density at radius 1 is 1.29 bits per heavy atom. The molecule has 0 aliphatic rings. The Hall–Kier alpha value is -1.48. The van der Waals surface area contributed by atoms with Crippen molar-refractivity contribution < 1.29 is 14.3 Å². The van der Waals surface area contributed by atoms with Gasteiger partial charge in [-0.05, 0) is 24.1 Å². The van der Waals surface area contributed by atoms with Crippen molar-refractivity contribution in [2.45, 2.75) is 13.0 Å². The molecule has 2 N–H and O–H groups in total. The first kappa shape index (κ1) is 18.9. The van der Waals surface area contributed by atoms with Crippen LogP contribution in [0.1, 0.15) is 11.3 Å². The Balaban J connectivity index is 1.66. The summed E-state index contributed by atoms with van der Waals surface area (Å²) in [7, 11) is 1.63. The number of ether oxygens (including phenoxy) is 2. The third-order valence-corrected chi connectivity index (χ3v) is 4.40. The van der Waals surface area contributed by atoms with Crippen LogP contribution >= 0.6 is 27.3 Å². The fraction of sp³-hybridized carbons (Fsp3) is 0.375. The molecule has 130 valence electrons. The van der Waals surface area contributed by atoms with Gasteiger partial charge in [0.25, 0.3) is 0 Å². The number of halogens is 1. The summed E-state index contributed by atoms with van der Waals surface area (Å²) in [4.78, 5) is 16.2. The van der Waals surface area contributed by atoms with E-state index in [1.54, 1.807) is 7.11 Å². The van der Waals surface area contributed by atoms with Crippen LogP contribution in [0.25, 0.3) is 0 Å². The molecule has 1 aromatic heterocycles. The Kier molecular flexibility index (Phi) is 8.17. The van der Waals surface area contributed by atoms with E-state index in [-0.39, 0.29) is 6.03 Å². The van der Waals surface area contributed by atoms with Crippen molar-refractivity contribution >= 4 is 38.4 Å². The van der Waals surface area contributed by atoms with Crippen LogP contribution in [0, 0.1) is 0 Å². The van der Waals surface area contributed by atoms with E-state index < -0.39 is 0 Å². The van der Waals surface area contributed by atoms with E-state index in [0.29, 0.717) is 31.5 Å². The van der Waals surface area contributed by atoms with Gasteiger partial charge in [-0.15, -0.1) is 11.3 Å². The molecule has 0 unspecified atom stereocenters. The van der Waals surface area contributed by atoms with Crippen molar-refractivity contribution in [1.29, 1.82) is 0 Å². The van der Waals surface area contributed by atoms with Crippen molar-refractivity contribution in [1.82, 2.24) is 10.3 Å². The van der Waals surface area contributed by atoms with Crippen molar-refractivity contribution in [3.63, 3.8) is 0 Å². The standard InChI is InChI=1S/C16H20BrN3O3S/c1-22-8-9-23-10-14-11-24-16(19-14)20-15(21)18-7-6-12-2-4-13(17)5-3-12/h2-5,11H,6-10H2,1H3,(H2,18,19,20,21). The first-order valence-electron chi connectivity index (χ1n) is 7.48. The van der Waals surface area contributed by atoms with Crippen LogP contribution < -0.4 is 10.6 Å². The summed E-state index contributed by atoms with van der Waals surface area (Å²) in [6, 6.07) is 7.77. The van der Waals surface area contributed by atoms with E-state index >= 15 is 0 Å². The number of rotatable bonds is 9. The van der Waals surface area contributed by atoms with Gasteiger partial charge in [0.05, 0.1) is 25.5 Å². The van der Waals surface area contributed by atoms with Gasteiger partial charge in [0, 0.05) is 23.5 Å². The quantitative estimate of drug-likeness (QED) is 0.617. The molecule has 2 aromatic rings. The molecule has 0 aliphatic heterocycles. The summed E-state index contributed by atoms with van der Waals surface area (Å²) >= 11 is 4.77. The number of nitrogens with zero attached hydrogens (tertiary/aromatic N) is 1. The number of carbonyl (C=O) groups excluding carboxylic acids is 1. The van der Waals surface area contributed by atoms with Crippen LogP contribution in [0.15, 0.2) is 34.1 Å². The maximum absolute atomic E-state index is 11.9. The molecule has 0 radical (unpaired) electrons. The van der Waals surface area contributed by atoms with E-state index in [1.807, 2.05) is 29.6 Å². The van der Waals surface area contributed by atoms with Crippen molar-refractivity contribution in [3.05, 3.63) is 45.4 Å². The molecule has 0 saturated heterocycles. The number of urea groups is 1. The summed E-state index contributed by atoms with van der Waals surface area (Å²) < 4.78 is 11.3. The maximum atomic E-state index is 11.9. The second kappa shape index (κ2) is 10.4. The summed E-state index contributed by atoms with van der Waals surface area (Å²) in [6.07, 6.45) is 0.775. The predicted molar refractivity (Wildman–Crippen MR) is 98.5 cm³/mol. The summed E-state index contributed by atoms with van der Waals surface area (Å²) in [6.45, 7) is 2.04. The van der Waals surface area contributed by atoms with Crippen LogP contribution in [-0.4, -0.2) is 37.9 Å². The van der Waals surface area contributed by atoms with E-state index in [2.05, 4.69) is 31.5 Å². The van der Waals surface area contributed by atoms with Gasteiger partial charge in [-0.25, -0.2) is 9.78 Å². The molecule has 0 bridgehead atoms. The topological polar surface area (TPSA) is 72.5 Å². The van der Waals surface area contributed by atoms with E-state index in [4.69, 9.17) is 9.47 Å². The van der Waals surface area contributed by atoms with E-state index in [0.717, 1.165) is 16.6 Å². The van der Waals surface area contributed by atoms with Gasteiger partial charge in [-0.1, -0.05) is 28.1 Å². The minimum atomic E-state index is -0.256. The molecule has 24 heavy (non-hydrogen) atoms. The number of nitrogens with one attached hydrogen (secondary N) is 2. The van der Waals surface area contributed by atoms with Gasteiger partial charge in [-0.3, -0.25) is 5.32 Å². The number of anilines is 1. The molecule has 6 nitrogen and oxygen atoms in total. The van der Waals surface area contributed by atoms with Gasteiger partial charge >= 0.3 is 6.03 Å². The number of carbonyl (C=O) groups is 1. The van der Waals surface area contributed by atoms with Crippen LogP contribution in [0.5, 0.6) is 0 Å². The minimum absolute atomic E-state index is 0.256. The SMILES string of the molecule is COCCOCc1csc(NC(=O)NCCc2ccc(Br)cc2)n1. The van der Waals surface area contributed by atoms with E-state index in [1.165, 1.54) is 16.9 Å². The number of aromatic nitrogens is 1. The zero-order valence-corrected chi connectivity index (χ0v) is 15.8. The highest BCUT2D eigenvalue weighted by Gasteiger charge is 2.06. The molecule has 0 aliphatic carbocycles. The second-order valence-electron chi connectivity index (χ2n) is 4.95. The highest BCUT2D eigenvalue weighted by Crippen LogP contribution is 2.16. The van der Waals surface area contributed by atoms with Crippen LogP contribution in [-0.2, 0) is 22.5 Å². The summed E-state index contributed by atoms with van der Waals surface area (Å²) in [5.74, 6) is 0. The molecular formula is C16H20BrN3O3S. The Morgan fingerprint density at radius 3 is 2.83 bits per heavy atom. The lowest BCUT2D eigenvalue weighted by atomic mass is 10.1. The fourth-order valence-corrected chi connectivity index (χ4v) is 2.82. The molecule has 0 saturated carbocycles. The van der Waals surface area contributed by atoms with Crippen LogP contribution in [0.2, 0.25) is 0 Å². The molecular weight excluding hydrogens is 394 g/mol. The highest BCUT2D eigenvalue weighted by molar-refractivity contribution is 9.10. The lowest BCUT2D eigenvalue weighted by molar-refractivity contribution is 0.0604. The van der Waals surface area contributed by atoms with Gasteiger partial charge < -0.3 is 14.8 Å². The minimum Gasteiger partial charge on any atom is -0.382 e. The molecule has 1 aromatic carbocycles. The highest BCUT2D eigenvalue weighted by atomic mass is 79.9.